The summed E-state index contributed by atoms with van der Waals surface area (Å²) < 4.78 is 43.7. The highest BCUT2D eigenvalue weighted by molar-refractivity contribution is 5.33. The van der Waals surface area contributed by atoms with Crippen LogP contribution in [0.2, 0.25) is 0 Å². The zero-order valence-corrected chi connectivity index (χ0v) is 11.4. The second-order valence-corrected chi connectivity index (χ2v) is 5.11. The largest absolute Gasteiger partial charge is 0.416 e. The Morgan fingerprint density at radius 2 is 1.79 bits per heavy atom. The first-order valence-corrected chi connectivity index (χ1v) is 6.24. The molecule has 0 saturated heterocycles. The van der Waals surface area contributed by atoms with E-state index in [0.29, 0.717) is 17.7 Å². The van der Waals surface area contributed by atoms with Crippen LogP contribution < -0.4 is 5.73 Å². The van der Waals surface area contributed by atoms with E-state index >= 15 is 0 Å². The molecule has 0 fully saturated rings. The minimum atomic E-state index is -4.33. The first-order valence-electron chi connectivity index (χ1n) is 6.24. The Balaban J connectivity index is 2.94. The van der Waals surface area contributed by atoms with Crippen LogP contribution in [0.25, 0.3) is 0 Å². The summed E-state index contributed by atoms with van der Waals surface area (Å²) >= 11 is 0. The summed E-state index contributed by atoms with van der Waals surface area (Å²) in [5.74, 6) is 0.0366. The van der Waals surface area contributed by atoms with Crippen molar-refractivity contribution < 1.29 is 17.9 Å². The number of ether oxygens (including phenoxy) is 1. The van der Waals surface area contributed by atoms with Crippen LogP contribution in [0.5, 0.6) is 0 Å². The molecule has 1 atom stereocenters. The second-order valence-electron chi connectivity index (χ2n) is 5.11. The molecule has 0 aliphatic heterocycles. The Bertz CT molecular complexity index is 414. The van der Waals surface area contributed by atoms with Gasteiger partial charge in [-0.25, -0.2) is 0 Å². The molecule has 0 saturated carbocycles. The van der Waals surface area contributed by atoms with Crippen molar-refractivity contribution in [1.82, 2.24) is 0 Å². The summed E-state index contributed by atoms with van der Waals surface area (Å²) in [5, 5.41) is 0. The van der Waals surface area contributed by atoms with Gasteiger partial charge < -0.3 is 10.5 Å². The van der Waals surface area contributed by atoms with Crippen LogP contribution in [0.1, 0.15) is 43.4 Å². The van der Waals surface area contributed by atoms with Crippen molar-refractivity contribution in [2.45, 2.75) is 45.5 Å². The van der Waals surface area contributed by atoms with E-state index in [1.165, 1.54) is 6.07 Å². The average Bonchev–Trinajstić information content (AvgIpc) is 2.26. The van der Waals surface area contributed by atoms with Gasteiger partial charge in [-0.3, -0.25) is 0 Å². The highest BCUT2D eigenvalue weighted by Crippen LogP contribution is 2.32. The van der Waals surface area contributed by atoms with Crippen LogP contribution in [-0.2, 0) is 17.5 Å². The van der Waals surface area contributed by atoms with Gasteiger partial charge in [0, 0.05) is 6.04 Å². The summed E-state index contributed by atoms with van der Waals surface area (Å²) in [4.78, 5) is 0. The summed E-state index contributed by atoms with van der Waals surface area (Å²) in [6.45, 7) is 5.98. The number of alkyl halides is 3. The minimum absolute atomic E-state index is 0.0366. The molecule has 0 aliphatic rings. The third-order valence-corrected chi connectivity index (χ3v) is 2.66. The molecule has 1 aromatic carbocycles. The van der Waals surface area contributed by atoms with Crippen molar-refractivity contribution in [2.24, 2.45) is 5.73 Å². The monoisotopic (exact) mass is 275 g/mol. The lowest BCUT2D eigenvalue weighted by Gasteiger charge is -2.15. The van der Waals surface area contributed by atoms with Gasteiger partial charge in [-0.05, 0) is 36.1 Å². The van der Waals surface area contributed by atoms with Gasteiger partial charge >= 0.3 is 6.18 Å². The molecular formula is C14H20F3NO. The number of rotatable bonds is 5. The molecule has 0 amide bonds. The normalized spacial score (nSPS) is 13.9. The van der Waals surface area contributed by atoms with Crippen molar-refractivity contribution in [2.75, 3.05) is 6.61 Å². The van der Waals surface area contributed by atoms with Crippen LogP contribution in [0.15, 0.2) is 18.2 Å². The van der Waals surface area contributed by atoms with Gasteiger partial charge in [-0.1, -0.05) is 19.9 Å². The predicted octanol–water partition coefficient (Wildman–Crippen LogP) is 3.69. The maximum atomic E-state index is 12.8. The lowest BCUT2D eigenvalue weighted by molar-refractivity contribution is -0.137. The van der Waals surface area contributed by atoms with Crippen molar-refractivity contribution >= 4 is 0 Å². The predicted molar refractivity (Wildman–Crippen MR) is 68.8 cm³/mol. The maximum Gasteiger partial charge on any atom is 0.416 e. The molecule has 1 aromatic rings. The SMILES string of the molecule is CC(C)c1cc(COC[C@H](C)N)cc(C(F)(F)F)c1. The highest BCUT2D eigenvalue weighted by Gasteiger charge is 2.31. The number of hydrogen-bond donors (Lipinski definition) is 1. The molecule has 5 heteroatoms. The molecular weight excluding hydrogens is 255 g/mol. The van der Waals surface area contributed by atoms with Crippen molar-refractivity contribution in [3.8, 4) is 0 Å². The molecule has 0 unspecified atom stereocenters. The Kier molecular flexibility index (Phi) is 5.38. The Morgan fingerprint density at radius 3 is 2.26 bits per heavy atom. The summed E-state index contributed by atoms with van der Waals surface area (Å²) in [6.07, 6.45) is -4.33. The van der Waals surface area contributed by atoms with E-state index in [1.54, 1.807) is 13.0 Å². The van der Waals surface area contributed by atoms with E-state index in [4.69, 9.17) is 10.5 Å². The maximum absolute atomic E-state index is 12.8. The van der Waals surface area contributed by atoms with Gasteiger partial charge in [-0.2, -0.15) is 13.2 Å². The Morgan fingerprint density at radius 1 is 1.16 bits per heavy atom. The van der Waals surface area contributed by atoms with E-state index in [-0.39, 0.29) is 18.6 Å². The zero-order chi connectivity index (χ0) is 14.6. The molecule has 1 rings (SSSR count). The van der Waals surface area contributed by atoms with Gasteiger partial charge in [0.1, 0.15) is 0 Å². The van der Waals surface area contributed by atoms with Crippen LogP contribution >= 0.6 is 0 Å². The molecule has 0 bridgehead atoms. The average molecular weight is 275 g/mol. The van der Waals surface area contributed by atoms with Gasteiger partial charge in [0.15, 0.2) is 0 Å². The van der Waals surface area contributed by atoms with E-state index in [0.717, 1.165) is 6.07 Å². The van der Waals surface area contributed by atoms with Crippen LogP contribution in [-0.4, -0.2) is 12.6 Å². The smallest absolute Gasteiger partial charge is 0.375 e. The lowest BCUT2D eigenvalue weighted by atomic mass is 9.97. The highest BCUT2D eigenvalue weighted by atomic mass is 19.4. The fourth-order valence-corrected chi connectivity index (χ4v) is 1.66. The van der Waals surface area contributed by atoms with Crippen molar-refractivity contribution in [1.29, 1.82) is 0 Å². The summed E-state index contributed by atoms with van der Waals surface area (Å²) in [7, 11) is 0. The fraction of sp³-hybridized carbons (Fsp3) is 0.571. The van der Waals surface area contributed by atoms with E-state index in [2.05, 4.69) is 0 Å². The number of benzene rings is 1. The first kappa shape index (κ1) is 16.0. The molecule has 0 aromatic heterocycles. The number of nitrogens with two attached hydrogens (primary N) is 1. The second kappa shape index (κ2) is 6.39. The van der Waals surface area contributed by atoms with E-state index < -0.39 is 11.7 Å². The van der Waals surface area contributed by atoms with Crippen molar-refractivity contribution in [3.63, 3.8) is 0 Å². The molecule has 0 spiro atoms. The van der Waals surface area contributed by atoms with Crippen molar-refractivity contribution in [3.05, 3.63) is 34.9 Å². The van der Waals surface area contributed by atoms with Gasteiger partial charge in [0.25, 0.3) is 0 Å². The number of halogens is 3. The molecule has 19 heavy (non-hydrogen) atoms. The summed E-state index contributed by atoms with van der Waals surface area (Å²) in [5.41, 5.74) is 6.09. The molecule has 0 aliphatic carbocycles. The lowest BCUT2D eigenvalue weighted by Crippen LogP contribution is -2.21. The van der Waals surface area contributed by atoms with Gasteiger partial charge in [-0.15, -0.1) is 0 Å². The number of hydrogen-bond acceptors (Lipinski definition) is 2. The zero-order valence-electron chi connectivity index (χ0n) is 11.4. The fourth-order valence-electron chi connectivity index (χ4n) is 1.66. The molecule has 0 radical (unpaired) electrons. The first-order chi connectivity index (χ1) is 8.70. The minimum Gasteiger partial charge on any atom is -0.375 e. The van der Waals surface area contributed by atoms with E-state index in [9.17, 15) is 13.2 Å². The third kappa shape index (κ3) is 5.20. The molecule has 0 heterocycles. The molecule has 2 N–H and O–H groups in total. The Hall–Kier alpha value is -1.07. The summed E-state index contributed by atoms with van der Waals surface area (Å²) in [6, 6.07) is 3.95. The molecule has 2 nitrogen and oxygen atoms in total. The van der Waals surface area contributed by atoms with E-state index in [1.807, 2.05) is 13.8 Å². The van der Waals surface area contributed by atoms with Crippen LogP contribution in [0.3, 0.4) is 0 Å². The topological polar surface area (TPSA) is 35.2 Å². The standard InChI is InChI=1S/C14H20F3NO/c1-9(2)12-4-11(8-19-7-10(3)18)5-13(6-12)14(15,16)17/h4-6,9-10H,7-8,18H2,1-3H3/t10-/m0/s1. The van der Waals surface area contributed by atoms with Gasteiger partial charge in [0.05, 0.1) is 18.8 Å². The Labute approximate surface area is 111 Å². The van der Waals surface area contributed by atoms with Crippen LogP contribution in [0, 0.1) is 0 Å². The quantitative estimate of drug-likeness (QED) is 0.889. The molecule has 108 valence electrons. The third-order valence-electron chi connectivity index (χ3n) is 2.66. The van der Waals surface area contributed by atoms with Gasteiger partial charge in [0.2, 0.25) is 0 Å². The van der Waals surface area contributed by atoms with Crippen LogP contribution in [0.4, 0.5) is 13.2 Å².